The average molecular weight is 813 g/mol. The van der Waals surface area contributed by atoms with E-state index >= 15 is 0 Å². The molecular formula is C45H44N6O5S2. The molecule has 3 N–H and O–H groups in total. The van der Waals surface area contributed by atoms with Crippen molar-refractivity contribution in [2.75, 3.05) is 36.2 Å². The fourth-order valence-electron chi connectivity index (χ4n) is 6.13. The number of anilines is 3. The maximum absolute atomic E-state index is 14.2. The van der Waals surface area contributed by atoms with Crippen molar-refractivity contribution in [3.05, 3.63) is 148 Å². The molecule has 1 unspecified atom stereocenters. The molecule has 0 radical (unpaired) electrons. The molecule has 0 aliphatic carbocycles. The Kier molecular flexibility index (Phi) is 13.0. The lowest BCUT2D eigenvalue weighted by Crippen LogP contribution is -2.39. The maximum atomic E-state index is 14.2. The standard InChI is InChI=1S/C45H44N6O5S2/c1-45(2,3)56-44(55)51-24-23-35-36(27-46)43(58-38(35)28-51)49-42(54)39(30-13-8-6-9-14-30)57-34-18-12-17-32(26-34)47-41(53)37(48-40(52)31-15-10-7-11-16-31)25-29-19-21-33(22-20-29)50(4)5/h6-22,25-26,39H,23-24,28H2,1-5H3,(H,47,53)(H,48,52)(H,49,54)/b37-25+. The predicted octanol–water partition coefficient (Wildman–Crippen LogP) is 8.86. The van der Waals surface area contributed by atoms with Crippen molar-refractivity contribution in [3.8, 4) is 6.07 Å². The molecule has 11 nitrogen and oxygen atoms in total. The maximum Gasteiger partial charge on any atom is 0.410 e. The first kappa shape index (κ1) is 41.3. The molecule has 1 atom stereocenters. The Hall–Kier alpha value is -6.36. The highest BCUT2D eigenvalue weighted by Crippen LogP contribution is 2.41. The number of benzene rings is 4. The van der Waals surface area contributed by atoms with Crippen LogP contribution in [0.25, 0.3) is 6.08 Å². The molecule has 296 valence electrons. The van der Waals surface area contributed by atoms with E-state index in [1.54, 1.807) is 53.4 Å². The zero-order valence-electron chi connectivity index (χ0n) is 32.9. The fourth-order valence-corrected chi connectivity index (χ4v) is 8.43. The van der Waals surface area contributed by atoms with Gasteiger partial charge in [-0.15, -0.1) is 23.1 Å². The van der Waals surface area contributed by atoms with E-state index in [0.29, 0.717) is 39.7 Å². The zero-order chi connectivity index (χ0) is 41.4. The van der Waals surface area contributed by atoms with Crippen molar-refractivity contribution in [2.45, 2.75) is 49.5 Å². The molecule has 0 spiro atoms. The van der Waals surface area contributed by atoms with Crippen LogP contribution < -0.4 is 20.9 Å². The Morgan fingerprint density at radius 3 is 2.26 bits per heavy atom. The Morgan fingerprint density at radius 1 is 0.914 bits per heavy atom. The molecule has 0 fully saturated rings. The second-order valence-electron chi connectivity index (χ2n) is 14.7. The van der Waals surface area contributed by atoms with Gasteiger partial charge in [-0.2, -0.15) is 5.26 Å². The van der Waals surface area contributed by atoms with E-state index in [-0.39, 0.29) is 18.1 Å². The summed E-state index contributed by atoms with van der Waals surface area (Å²) in [7, 11) is 3.88. The lowest BCUT2D eigenvalue weighted by Gasteiger charge is -2.29. The van der Waals surface area contributed by atoms with E-state index in [1.807, 2.05) is 106 Å². The summed E-state index contributed by atoms with van der Waals surface area (Å²) in [6.45, 7) is 6.13. The summed E-state index contributed by atoms with van der Waals surface area (Å²) < 4.78 is 5.57. The van der Waals surface area contributed by atoms with Crippen molar-refractivity contribution in [2.24, 2.45) is 0 Å². The molecule has 4 aromatic carbocycles. The van der Waals surface area contributed by atoms with Gasteiger partial charge in [-0.25, -0.2) is 4.79 Å². The van der Waals surface area contributed by atoms with Crippen molar-refractivity contribution < 1.29 is 23.9 Å². The van der Waals surface area contributed by atoms with Crippen LogP contribution in [-0.4, -0.2) is 55.0 Å². The number of carbonyl (C=O) groups is 4. The number of hydrogen-bond acceptors (Lipinski definition) is 9. The minimum Gasteiger partial charge on any atom is -0.444 e. The molecule has 5 aromatic rings. The third kappa shape index (κ3) is 10.5. The van der Waals surface area contributed by atoms with Gasteiger partial charge in [0.15, 0.2) is 0 Å². The van der Waals surface area contributed by atoms with E-state index in [0.717, 1.165) is 27.3 Å². The lowest BCUT2D eigenvalue weighted by atomic mass is 10.0. The number of amides is 4. The quantitative estimate of drug-likeness (QED) is 0.0887. The monoisotopic (exact) mass is 812 g/mol. The van der Waals surface area contributed by atoms with Gasteiger partial charge in [0.05, 0.1) is 12.1 Å². The smallest absolute Gasteiger partial charge is 0.410 e. The average Bonchev–Trinajstić information content (AvgIpc) is 3.55. The van der Waals surface area contributed by atoms with Crippen LogP contribution in [0.4, 0.5) is 21.2 Å². The van der Waals surface area contributed by atoms with Crippen LogP contribution in [0.15, 0.2) is 120 Å². The highest BCUT2D eigenvalue weighted by molar-refractivity contribution is 8.00. The molecule has 1 aromatic heterocycles. The fraction of sp³-hybridized carbons (Fsp3) is 0.222. The Bertz CT molecular complexity index is 2360. The van der Waals surface area contributed by atoms with Crippen molar-refractivity contribution >= 4 is 69.4 Å². The number of hydrogen-bond donors (Lipinski definition) is 3. The first-order valence-electron chi connectivity index (χ1n) is 18.6. The normalized spacial score (nSPS) is 13.0. The van der Waals surface area contributed by atoms with E-state index in [9.17, 15) is 24.4 Å². The Labute approximate surface area is 346 Å². The molecular weight excluding hydrogens is 769 g/mol. The summed E-state index contributed by atoms with van der Waals surface area (Å²) in [6.07, 6.45) is 1.67. The van der Waals surface area contributed by atoms with E-state index in [1.165, 1.54) is 23.1 Å². The number of thiophene rings is 1. The van der Waals surface area contributed by atoms with Crippen molar-refractivity contribution in [1.82, 2.24) is 10.2 Å². The zero-order valence-corrected chi connectivity index (χ0v) is 34.5. The van der Waals surface area contributed by atoms with Gasteiger partial charge < -0.3 is 30.5 Å². The third-order valence-corrected chi connectivity index (χ3v) is 11.4. The van der Waals surface area contributed by atoms with E-state index in [2.05, 4.69) is 22.0 Å². The second-order valence-corrected chi connectivity index (χ2v) is 17.0. The van der Waals surface area contributed by atoms with Gasteiger partial charge in [0.25, 0.3) is 11.8 Å². The van der Waals surface area contributed by atoms with Crippen LogP contribution in [0.1, 0.15) is 63.5 Å². The first-order chi connectivity index (χ1) is 27.8. The molecule has 4 amide bonds. The van der Waals surface area contributed by atoms with Gasteiger partial charge >= 0.3 is 6.09 Å². The number of thioether (sulfide) groups is 1. The van der Waals surface area contributed by atoms with Gasteiger partial charge in [0.2, 0.25) is 5.91 Å². The molecule has 6 rings (SSSR count). The number of carbonyl (C=O) groups excluding carboxylic acids is 4. The topological polar surface area (TPSA) is 144 Å². The van der Waals surface area contributed by atoms with Crippen molar-refractivity contribution in [1.29, 1.82) is 5.26 Å². The molecule has 0 bridgehead atoms. The van der Waals surface area contributed by atoms with Crippen LogP contribution >= 0.6 is 23.1 Å². The van der Waals surface area contributed by atoms with Crippen LogP contribution in [0.3, 0.4) is 0 Å². The number of fused-ring (bicyclic) bond motifs is 1. The number of rotatable bonds is 11. The number of nitrogens with zero attached hydrogens (tertiary/aromatic N) is 3. The largest absolute Gasteiger partial charge is 0.444 e. The summed E-state index contributed by atoms with van der Waals surface area (Å²) in [5, 5.41) is 18.6. The number of ether oxygens (including phenoxy) is 1. The summed E-state index contributed by atoms with van der Waals surface area (Å²) in [6, 6.07) is 35.0. The van der Waals surface area contributed by atoms with Crippen LogP contribution in [0.5, 0.6) is 0 Å². The first-order valence-corrected chi connectivity index (χ1v) is 20.3. The van der Waals surface area contributed by atoms with Gasteiger partial charge in [-0.3, -0.25) is 14.4 Å². The van der Waals surface area contributed by atoms with Crippen molar-refractivity contribution in [3.63, 3.8) is 0 Å². The number of nitriles is 1. The number of nitrogens with one attached hydrogen (secondary N) is 3. The lowest BCUT2D eigenvalue weighted by molar-refractivity contribution is -0.116. The molecule has 1 aliphatic heterocycles. The second kappa shape index (κ2) is 18.3. The van der Waals surface area contributed by atoms with Gasteiger partial charge in [-0.05, 0) is 92.4 Å². The molecule has 0 saturated carbocycles. The minimum atomic E-state index is -0.734. The van der Waals surface area contributed by atoms with Crippen LogP contribution in [0, 0.1) is 11.3 Å². The van der Waals surface area contributed by atoms with E-state index < -0.39 is 28.8 Å². The van der Waals surface area contributed by atoms with Crippen LogP contribution in [0.2, 0.25) is 0 Å². The van der Waals surface area contributed by atoms with E-state index in [4.69, 9.17) is 4.74 Å². The Morgan fingerprint density at radius 2 is 1.60 bits per heavy atom. The van der Waals surface area contributed by atoms with Gasteiger partial charge in [0, 0.05) is 47.4 Å². The SMILES string of the molecule is CN(C)c1ccc(/C=C(/NC(=O)c2ccccc2)C(=O)Nc2cccc(SC(C(=O)Nc3sc4c(c3C#N)CCN(C(=O)OC(C)(C)C)C4)c3ccccc3)c2)cc1. The summed E-state index contributed by atoms with van der Waals surface area (Å²) >= 11 is 2.58. The Balaban J connectivity index is 1.22. The minimum absolute atomic E-state index is 0.0483. The molecule has 2 heterocycles. The summed E-state index contributed by atoms with van der Waals surface area (Å²) in [5.41, 5.74) is 3.94. The van der Waals surface area contributed by atoms with Gasteiger partial charge in [0.1, 0.15) is 27.6 Å². The van der Waals surface area contributed by atoms with Crippen LogP contribution in [-0.2, 0) is 27.3 Å². The molecule has 13 heteroatoms. The molecule has 58 heavy (non-hydrogen) atoms. The molecule has 0 saturated heterocycles. The highest BCUT2D eigenvalue weighted by Gasteiger charge is 2.31. The van der Waals surface area contributed by atoms with Gasteiger partial charge in [-0.1, -0.05) is 66.7 Å². The summed E-state index contributed by atoms with van der Waals surface area (Å²) in [5.74, 6) is -1.30. The summed E-state index contributed by atoms with van der Waals surface area (Å²) in [4.78, 5) is 59.2. The highest BCUT2D eigenvalue weighted by atomic mass is 32.2. The third-order valence-electron chi connectivity index (χ3n) is 8.99. The molecule has 1 aliphatic rings. The predicted molar refractivity (Wildman–Crippen MR) is 231 cm³/mol.